The lowest BCUT2D eigenvalue weighted by Gasteiger charge is -2.08. The zero-order valence-corrected chi connectivity index (χ0v) is 9.15. The van der Waals surface area contributed by atoms with Crippen molar-refractivity contribution in [2.45, 2.75) is 0 Å². The number of benzene rings is 1. The number of aromatic carboxylic acids is 1. The Hall–Kier alpha value is -1.75. The van der Waals surface area contributed by atoms with Gasteiger partial charge in [0.15, 0.2) is 6.61 Å². The zero-order valence-electron chi connectivity index (χ0n) is 8.40. The number of carbonyl (C=O) groups is 2. The largest absolute Gasteiger partial charge is 0.481 e. The van der Waals surface area contributed by atoms with Crippen LogP contribution in [0.5, 0.6) is 5.75 Å². The lowest BCUT2D eigenvalue weighted by atomic mass is 10.2. The number of carboxylic acid groups (broad SMARTS) is 1. The van der Waals surface area contributed by atoms with E-state index < -0.39 is 11.9 Å². The van der Waals surface area contributed by atoms with Gasteiger partial charge in [0.05, 0.1) is 12.1 Å². The number of halogens is 1. The normalized spacial score (nSPS) is 9.62. The molecular weight excluding hydrogens is 236 g/mol. The first kappa shape index (κ1) is 12.3. The number of methoxy groups -OCH3 is 1. The van der Waals surface area contributed by atoms with Crippen molar-refractivity contribution in [1.29, 1.82) is 0 Å². The van der Waals surface area contributed by atoms with E-state index in [4.69, 9.17) is 21.4 Å². The molecule has 0 fully saturated rings. The summed E-state index contributed by atoms with van der Waals surface area (Å²) >= 11 is 5.70. The molecule has 0 saturated heterocycles. The van der Waals surface area contributed by atoms with E-state index in [2.05, 4.69) is 4.74 Å². The van der Waals surface area contributed by atoms with E-state index in [9.17, 15) is 9.59 Å². The Morgan fingerprint density at radius 3 is 2.69 bits per heavy atom. The van der Waals surface area contributed by atoms with Crippen molar-refractivity contribution in [3.05, 3.63) is 28.8 Å². The zero-order chi connectivity index (χ0) is 12.1. The summed E-state index contributed by atoms with van der Waals surface area (Å²) in [7, 11) is 1.21. The van der Waals surface area contributed by atoms with Crippen molar-refractivity contribution in [2.75, 3.05) is 13.7 Å². The Labute approximate surface area is 96.5 Å². The fraction of sp³-hybridized carbons (Fsp3) is 0.200. The second-order valence-corrected chi connectivity index (χ2v) is 3.19. The molecular formula is C10H9ClO5. The Morgan fingerprint density at radius 2 is 2.12 bits per heavy atom. The molecule has 0 radical (unpaired) electrons. The van der Waals surface area contributed by atoms with Crippen LogP contribution in [0.25, 0.3) is 0 Å². The molecule has 5 nitrogen and oxygen atoms in total. The molecule has 0 spiro atoms. The van der Waals surface area contributed by atoms with Crippen LogP contribution in [0.2, 0.25) is 5.02 Å². The summed E-state index contributed by atoms with van der Waals surface area (Å²) in [6.45, 7) is -0.364. The average molecular weight is 245 g/mol. The number of hydrogen-bond donors (Lipinski definition) is 1. The number of carboxylic acids is 1. The van der Waals surface area contributed by atoms with Crippen LogP contribution in [0.3, 0.4) is 0 Å². The van der Waals surface area contributed by atoms with Crippen LogP contribution >= 0.6 is 11.6 Å². The third-order valence-electron chi connectivity index (χ3n) is 1.76. The van der Waals surface area contributed by atoms with Gasteiger partial charge in [0.1, 0.15) is 11.3 Å². The Balaban J connectivity index is 2.91. The highest BCUT2D eigenvalue weighted by Gasteiger charge is 2.16. The summed E-state index contributed by atoms with van der Waals surface area (Å²) in [5.41, 5.74) is -0.173. The van der Waals surface area contributed by atoms with E-state index in [0.717, 1.165) is 0 Å². The number of rotatable bonds is 4. The van der Waals surface area contributed by atoms with Gasteiger partial charge in [-0.05, 0) is 12.1 Å². The summed E-state index contributed by atoms with van der Waals surface area (Å²) in [6.07, 6.45) is 0. The Kier molecular flexibility index (Phi) is 4.13. The minimum Gasteiger partial charge on any atom is -0.481 e. The molecule has 0 aliphatic carbocycles. The molecule has 0 saturated carbocycles. The second-order valence-electron chi connectivity index (χ2n) is 2.78. The van der Waals surface area contributed by atoms with Crippen molar-refractivity contribution in [3.63, 3.8) is 0 Å². The highest BCUT2D eigenvalue weighted by atomic mass is 35.5. The highest BCUT2D eigenvalue weighted by molar-refractivity contribution is 6.33. The van der Waals surface area contributed by atoms with Crippen molar-refractivity contribution >= 4 is 23.5 Å². The van der Waals surface area contributed by atoms with Crippen LogP contribution in [-0.2, 0) is 9.53 Å². The van der Waals surface area contributed by atoms with Gasteiger partial charge in [-0.25, -0.2) is 9.59 Å². The smallest absolute Gasteiger partial charge is 0.343 e. The van der Waals surface area contributed by atoms with Crippen LogP contribution in [0.1, 0.15) is 10.4 Å². The second kappa shape index (κ2) is 5.37. The van der Waals surface area contributed by atoms with Gasteiger partial charge in [0.2, 0.25) is 0 Å². The maximum Gasteiger partial charge on any atom is 0.343 e. The standard InChI is InChI=1S/C10H9ClO5/c1-15-8(12)5-16-7-4-2-3-6(11)9(7)10(13)14/h2-4H,5H2,1H3,(H,13,14). The monoisotopic (exact) mass is 244 g/mol. The molecule has 0 amide bonds. The fourth-order valence-electron chi connectivity index (χ4n) is 1.03. The number of ether oxygens (including phenoxy) is 2. The first-order valence-electron chi connectivity index (χ1n) is 4.27. The summed E-state index contributed by atoms with van der Waals surface area (Å²) in [5, 5.41) is 8.94. The Bertz CT molecular complexity index is 416. The maximum absolute atomic E-state index is 10.9. The molecule has 1 aromatic rings. The van der Waals surface area contributed by atoms with Crippen molar-refractivity contribution < 1.29 is 24.2 Å². The summed E-state index contributed by atoms with van der Waals surface area (Å²) < 4.78 is 9.35. The van der Waals surface area contributed by atoms with Gasteiger partial charge in [-0.15, -0.1) is 0 Å². The molecule has 0 bridgehead atoms. The van der Waals surface area contributed by atoms with E-state index >= 15 is 0 Å². The lowest BCUT2D eigenvalue weighted by molar-refractivity contribution is -0.142. The highest BCUT2D eigenvalue weighted by Crippen LogP contribution is 2.26. The Morgan fingerprint density at radius 1 is 1.44 bits per heavy atom. The van der Waals surface area contributed by atoms with Gasteiger partial charge in [0.25, 0.3) is 0 Å². The van der Waals surface area contributed by atoms with E-state index in [0.29, 0.717) is 0 Å². The quantitative estimate of drug-likeness (QED) is 0.815. The third kappa shape index (κ3) is 2.87. The van der Waals surface area contributed by atoms with Crippen molar-refractivity contribution in [3.8, 4) is 5.75 Å². The van der Waals surface area contributed by atoms with E-state index in [-0.39, 0.29) is 22.9 Å². The van der Waals surface area contributed by atoms with E-state index in [1.165, 1.54) is 25.3 Å². The molecule has 0 aliphatic heterocycles. The van der Waals surface area contributed by atoms with Crippen LogP contribution in [-0.4, -0.2) is 30.8 Å². The topological polar surface area (TPSA) is 72.8 Å². The van der Waals surface area contributed by atoms with Crippen LogP contribution in [0.4, 0.5) is 0 Å². The predicted molar refractivity (Wildman–Crippen MR) is 55.9 cm³/mol. The van der Waals surface area contributed by atoms with Crippen LogP contribution in [0, 0.1) is 0 Å². The van der Waals surface area contributed by atoms with Gasteiger partial charge >= 0.3 is 11.9 Å². The number of carbonyl (C=O) groups excluding carboxylic acids is 1. The molecule has 0 aromatic heterocycles. The van der Waals surface area contributed by atoms with Gasteiger partial charge in [0, 0.05) is 0 Å². The molecule has 0 heterocycles. The molecule has 1 N–H and O–H groups in total. The predicted octanol–water partition coefficient (Wildman–Crippen LogP) is 1.59. The van der Waals surface area contributed by atoms with Crippen molar-refractivity contribution in [2.24, 2.45) is 0 Å². The fourth-order valence-corrected chi connectivity index (χ4v) is 1.27. The lowest BCUT2D eigenvalue weighted by Crippen LogP contribution is -2.14. The summed E-state index contributed by atoms with van der Waals surface area (Å²) in [4.78, 5) is 21.7. The molecule has 0 atom stereocenters. The first-order valence-corrected chi connectivity index (χ1v) is 4.65. The minimum atomic E-state index is -1.22. The molecule has 0 aliphatic rings. The van der Waals surface area contributed by atoms with Gasteiger partial charge < -0.3 is 14.6 Å². The molecule has 86 valence electrons. The van der Waals surface area contributed by atoms with E-state index in [1.54, 1.807) is 0 Å². The molecule has 1 rings (SSSR count). The SMILES string of the molecule is COC(=O)COc1cccc(Cl)c1C(=O)O. The van der Waals surface area contributed by atoms with Gasteiger partial charge in [-0.1, -0.05) is 17.7 Å². The minimum absolute atomic E-state index is 0.0328. The molecule has 0 unspecified atom stereocenters. The van der Waals surface area contributed by atoms with E-state index in [1.807, 2.05) is 0 Å². The molecule has 6 heteroatoms. The summed E-state index contributed by atoms with van der Waals surface area (Å²) in [6, 6.07) is 4.37. The molecule has 16 heavy (non-hydrogen) atoms. The number of hydrogen-bond acceptors (Lipinski definition) is 4. The van der Waals surface area contributed by atoms with Gasteiger partial charge in [-0.2, -0.15) is 0 Å². The van der Waals surface area contributed by atoms with Crippen LogP contribution < -0.4 is 4.74 Å². The van der Waals surface area contributed by atoms with Crippen LogP contribution in [0.15, 0.2) is 18.2 Å². The van der Waals surface area contributed by atoms with Gasteiger partial charge in [-0.3, -0.25) is 0 Å². The average Bonchev–Trinajstić information content (AvgIpc) is 2.25. The third-order valence-corrected chi connectivity index (χ3v) is 2.08. The maximum atomic E-state index is 10.9. The molecule has 1 aromatic carbocycles. The number of esters is 1. The first-order chi connectivity index (χ1) is 7.56. The van der Waals surface area contributed by atoms with Crippen molar-refractivity contribution in [1.82, 2.24) is 0 Å². The summed E-state index contributed by atoms with van der Waals surface area (Å²) in [5.74, 6) is -1.79.